The van der Waals surface area contributed by atoms with Gasteiger partial charge in [-0.15, -0.1) is 0 Å². The zero-order valence-corrected chi connectivity index (χ0v) is 14.3. The minimum absolute atomic E-state index is 0.128. The van der Waals surface area contributed by atoms with Gasteiger partial charge in [-0.1, -0.05) is 32.9 Å². The van der Waals surface area contributed by atoms with Crippen LogP contribution in [0.15, 0.2) is 12.1 Å². The second-order valence-electron chi connectivity index (χ2n) is 7.65. The summed E-state index contributed by atoms with van der Waals surface area (Å²) in [5, 5.41) is 10.2. The molecule has 0 saturated carbocycles. The Kier molecular flexibility index (Phi) is 5.08. The third-order valence-corrected chi connectivity index (χ3v) is 3.21. The van der Waals surface area contributed by atoms with Crippen molar-refractivity contribution in [1.82, 2.24) is 0 Å². The summed E-state index contributed by atoms with van der Waals surface area (Å²) in [4.78, 5) is 11.8. The standard InChI is InChI=1S/C18H28O3/c1-12-10-13(8-9-15(19)21-18(5,6)7)11-14(16(12)20)17(2,3)4/h10-11,20H,8-9H2,1-7H3. The predicted molar refractivity (Wildman–Crippen MR) is 85.7 cm³/mol. The number of phenols is 1. The predicted octanol–water partition coefficient (Wildman–Crippen LogP) is 4.27. The fraction of sp³-hybridized carbons (Fsp3) is 0.611. The highest BCUT2D eigenvalue weighted by Crippen LogP contribution is 2.34. The number of phenolic OH excluding ortho intramolecular Hbond substituents is 1. The van der Waals surface area contributed by atoms with Crippen molar-refractivity contribution >= 4 is 5.97 Å². The van der Waals surface area contributed by atoms with Crippen molar-refractivity contribution in [3.8, 4) is 5.75 Å². The van der Waals surface area contributed by atoms with E-state index in [1.165, 1.54) is 0 Å². The van der Waals surface area contributed by atoms with Gasteiger partial charge in [0.2, 0.25) is 0 Å². The second kappa shape index (κ2) is 6.08. The van der Waals surface area contributed by atoms with Gasteiger partial charge in [-0.3, -0.25) is 4.79 Å². The highest BCUT2D eigenvalue weighted by atomic mass is 16.6. The van der Waals surface area contributed by atoms with Crippen molar-refractivity contribution in [2.75, 3.05) is 0 Å². The maximum atomic E-state index is 11.8. The molecular weight excluding hydrogens is 264 g/mol. The van der Waals surface area contributed by atoms with Gasteiger partial charge in [0.05, 0.1) is 0 Å². The number of aromatic hydroxyl groups is 1. The maximum Gasteiger partial charge on any atom is 0.306 e. The van der Waals surface area contributed by atoms with Crippen molar-refractivity contribution in [3.05, 3.63) is 28.8 Å². The van der Waals surface area contributed by atoms with Crippen LogP contribution >= 0.6 is 0 Å². The van der Waals surface area contributed by atoms with Crippen LogP contribution in [0.5, 0.6) is 5.75 Å². The molecular formula is C18H28O3. The van der Waals surface area contributed by atoms with Gasteiger partial charge in [-0.2, -0.15) is 0 Å². The molecule has 0 aliphatic heterocycles. The zero-order chi connectivity index (χ0) is 16.4. The number of hydrogen-bond donors (Lipinski definition) is 1. The molecule has 0 saturated heterocycles. The van der Waals surface area contributed by atoms with Crippen LogP contribution in [0.4, 0.5) is 0 Å². The molecule has 0 aliphatic rings. The van der Waals surface area contributed by atoms with Gasteiger partial charge in [0.25, 0.3) is 0 Å². The highest BCUT2D eigenvalue weighted by Gasteiger charge is 2.21. The Hall–Kier alpha value is -1.51. The third kappa shape index (κ3) is 5.41. The summed E-state index contributed by atoms with van der Waals surface area (Å²) in [6.45, 7) is 13.7. The molecule has 0 aromatic heterocycles. The molecule has 3 nitrogen and oxygen atoms in total. The lowest BCUT2D eigenvalue weighted by atomic mass is 9.83. The molecule has 0 aliphatic carbocycles. The van der Waals surface area contributed by atoms with Crippen LogP contribution in [0.3, 0.4) is 0 Å². The lowest BCUT2D eigenvalue weighted by Crippen LogP contribution is -2.24. The molecule has 118 valence electrons. The number of ether oxygens (including phenoxy) is 1. The molecule has 1 aromatic carbocycles. The summed E-state index contributed by atoms with van der Waals surface area (Å²) in [5.74, 6) is 0.161. The van der Waals surface area contributed by atoms with E-state index in [0.717, 1.165) is 16.7 Å². The Morgan fingerprint density at radius 2 is 1.71 bits per heavy atom. The molecule has 0 unspecified atom stereocenters. The van der Waals surface area contributed by atoms with Gasteiger partial charge < -0.3 is 9.84 Å². The summed E-state index contributed by atoms with van der Waals surface area (Å²) < 4.78 is 5.32. The summed E-state index contributed by atoms with van der Waals surface area (Å²) in [6, 6.07) is 3.93. The number of esters is 1. The lowest BCUT2D eigenvalue weighted by Gasteiger charge is -2.23. The minimum Gasteiger partial charge on any atom is -0.507 e. The normalized spacial score (nSPS) is 12.3. The highest BCUT2D eigenvalue weighted by molar-refractivity contribution is 5.70. The molecule has 0 spiro atoms. The third-order valence-electron chi connectivity index (χ3n) is 3.21. The average molecular weight is 292 g/mol. The summed E-state index contributed by atoms with van der Waals surface area (Å²) in [7, 11) is 0. The van der Waals surface area contributed by atoms with Gasteiger partial charge in [-0.05, 0) is 56.2 Å². The van der Waals surface area contributed by atoms with Crippen LogP contribution in [-0.4, -0.2) is 16.7 Å². The molecule has 3 heteroatoms. The topological polar surface area (TPSA) is 46.5 Å². The monoisotopic (exact) mass is 292 g/mol. The van der Waals surface area contributed by atoms with E-state index < -0.39 is 5.60 Å². The van der Waals surface area contributed by atoms with E-state index in [2.05, 4.69) is 20.8 Å². The SMILES string of the molecule is Cc1cc(CCC(=O)OC(C)(C)C)cc(C(C)(C)C)c1O. The lowest BCUT2D eigenvalue weighted by molar-refractivity contribution is -0.154. The molecule has 1 rings (SSSR count). The Labute approximate surface area is 128 Å². The van der Waals surface area contributed by atoms with E-state index in [-0.39, 0.29) is 11.4 Å². The van der Waals surface area contributed by atoms with Crippen molar-refractivity contribution in [2.45, 2.75) is 72.3 Å². The van der Waals surface area contributed by atoms with Crippen molar-refractivity contribution in [3.63, 3.8) is 0 Å². The van der Waals surface area contributed by atoms with Crippen LogP contribution < -0.4 is 0 Å². The molecule has 0 amide bonds. The Balaban J connectivity index is 2.86. The Morgan fingerprint density at radius 1 is 1.14 bits per heavy atom. The van der Waals surface area contributed by atoms with Crippen molar-refractivity contribution in [1.29, 1.82) is 0 Å². The van der Waals surface area contributed by atoms with E-state index in [4.69, 9.17) is 4.74 Å². The van der Waals surface area contributed by atoms with Crippen LogP contribution in [0.1, 0.15) is 64.7 Å². The van der Waals surface area contributed by atoms with Gasteiger partial charge >= 0.3 is 5.97 Å². The molecule has 0 atom stereocenters. The maximum absolute atomic E-state index is 11.8. The molecule has 1 aromatic rings. The molecule has 21 heavy (non-hydrogen) atoms. The first-order valence-corrected chi connectivity index (χ1v) is 7.45. The summed E-state index contributed by atoms with van der Waals surface area (Å²) in [5.41, 5.74) is 2.25. The number of carbonyl (C=O) groups is 1. The summed E-state index contributed by atoms with van der Waals surface area (Å²) >= 11 is 0. The second-order valence-corrected chi connectivity index (χ2v) is 7.65. The van der Waals surface area contributed by atoms with Crippen molar-refractivity contribution in [2.24, 2.45) is 0 Å². The molecule has 0 bridgehead atoms. The number of benzene rings is 1. The quantitative estimate of drug-likeness (QED) is 0.846. The first-order valence-electron chi connectivity index (χ1n) is 7.45. The van der Waals surface area contributed by atoms with Gasteiger partial charge in [0, 0.05) is 6.42 Å². The number of rotatable bonds is 3. The van der Waals surface area contributed by atoms with E-state index >= 15 is 0 Å². The van der Waals surface area contributed by atoms with E-state index in [1.54, 1.807) is 0 Å². The molecule has 0 heterocycles. The van der Waals surface area contributed by atoms with Crippen LogP contribution in [0.2, 0.25) is 0 Å². The molecule has 0 fully saturated rings. The van der Waals surface area contributed by atoms with E-state index in [9.17, 15) is 9.90 Å². The van der Waals surface area contributed by atoms with Gasteiger partial charge in [-0.25, -0.2) is 0 Å². The first-order chi connectivity index (χ1) is 9.40. The molecule has 0 radical (unpaired) electrons. The smallest absolute Gasteiger partial charge is 0.306 e. The van der Waals surface area contributed by atoms with Gasteiger partial charge in [0.1, 0.15) is 11.4 Å². The largest absolute Gasteiger partial charge is 0.507 e. The van der Waals surface area contributed by atoms with Crippen LogP contribution in [0.25, 0.3) is 0 Å². The fourth-order valence-corrected chi connectivity index (χ4v) is 2.21. The van der Waals surface area contributed by atoms with E-state index in [0.29, 0.717) is 18.6 Å². The average Bonchev–Trinajstić information content (AvgIpc) is 2.26. The van der Waals surface area contributed by atoms with Crippen LogP contribution in [0, 0.1) is 6.92 Å². The van der Waals surface area contributed by atoms with E-state index in [1.807, 2.05) is 39.8 Å². The minimum atomic E-state index is -0.446. The molecule has 1 N–H and O–H groups in total. The Bertz CT molecular complexity index is 516. The zero-order valence-electron chi connectivity index (χ0n) is 14.3. The van der Waals surface area contributed by atoms with Crippen molar-refractivity contribution < 1.29 is 14.6 Å². The fourth-order valence-electron chi connectivity index (χ4n) is 2.21. The number of carbonyl (C=O) groups excluding carboxylic acids is 1. The first kappa shape index (κ1) is 17.5. The Morgan fingerprint density at radius 3 is 2.19 bits per heavy atom. The number of hydrogen-bond acceptors (Lipinski definition) is 3. The number of aryl methyl sites for hydroxylation is 2. The van der Waals surface area contributed by atoms with Gasteiger partial charge in [0.15, 0.2) is 0 Å². The van der Waals surface area contributed by atoms with Crippen LogP contribution in [-0.2, 0) is 21.4 Å². The summed E-state index contributed by atoms with van der Waals surface area (Å²) in [6.07, 6.45) is 0.976.